The van der Waals surface area contributed by atoms with Crippen molar-refractivity contribution in [3.8, 4) is 0 Å². The van der Waals surface area contributed by atoms with Crippen LogP contribution in [0.5, 0.6) is 0 Å². The van der Waals surface area contributed by atoms with Gasteiger partial charge in [-0.1, -0.05) is 38.1 Å². The topological polar surface area (TPSA) is 74.3 Å². The van der Waals surface area contributed by atoms with Crippen molar-refractivity contribution in [3.63, 3.8) is 0 Å². The Morgan fingerprint density at radius 1 is 1.03 bits per heavy atom. The van der Waals surface area contributed by atoms with Crippen LogP contribution >= 0.6 is 0 Å². The van der Waals surface area contributed by atoms with Gasteiger partial charge in [-0.25, -0.2) is 4.79 Å². The van der Waals surface area contributed by atoms with Crippen molar-refractivity contribution in [2.75, 3.05) is 51.3 Å². The third kappa shape index (κ3) is 6.04. The summed E-state index contributed by atoms with van der Waals surface area (Å²) in [4.78, 5) is 15.7. The number of anilines is 2. The summed E-state index contributed by atoms with van der Waals surface area (Å²) in [6.45, 7) is 15.7. The molecule has 4 rings (SSSR count). The Labute approximate surface area is 209 Å². The second-order valence-electron chi connectivity index (χ2n) is 10.1. The number of benzene rings is 2. The summed E-state index contributed by atoms with van der Waals surface area (Å²) < 4.78 is 11.0. The number of rotatable bonds is 10. The average molecular weight is 482 g/mol. The molecule has 0 bridgehead atoms. The van der Waals surface area contributed by atoms with Crippen molar-refractivity contribution in [3.05, 3.63) is 58.7 Å². The molecule has 2 aromatic carbocycles. The van der Waals surface area contributed by atoms with E-state index >= 15 is 0 Å². The maximum absolute atomic E-state index is 10.9. The number of carbonyl (C=O) groups is 1. The van der Waals surface area contributed by atoms with Gasteiger partial charge in [0.15, 0.2) is 6.10 Å². The Morgan fingerprint density at radius 3 is 2.46 bits per heavy atom. The van der Waals surface area contributed by atoms with Crippen molar-refractivity contribution in [1.29, 1.82) is 0 Å². The summed E-state index contributed by atoms with van der Waals surface area (Å²) in [7, 11) is 0. The van der Waals surface area contributed by atoms with E-state index < -0.39 is 12.1 Å². The van der Waals surface area contributed by atoms with Gasteiger partial charge < -0.3 is 19.9 Å². The van der Waals surface area contributed by atoms with Crippen molar-refractivity contribution in [2.24, 2.45) is 0 Å². The fraction of sp³-hybridized carbons (Fsp3) is 0.536. The van der Waals surface area contributed by atoms with Gasteiger partial charge in [0.25, 0.3) is 0 Å². The van der Waals surface area contributed by atoms with Gasteiger partial charge in [-0.15, -0.1) is 0 Å². The molecule has 1 unspecified atom stereocenters. The predicted octanol–water partition coefficient (Wildman–Crippen LogP) is 4.21. The molecule has 0 saturated carbocycles. The number of ether oxygens (including phenoxy) is 2. The van der Waals surface area contributed by atoms with E-state index in [1.807, 2.05) is 6.92 Å². The van der Waals surface area contributed by atoms with Gasteiger partial charge in [-0.05, 0) is 48.2 Å². The van der Waals surface area contributed by atoms with Crippen molar-refractivity contribution >= 4 is 17.3 Å². The maximum Gasteiger partial charge on any atom is 0.332 e. The molecule has 1 saturated heterocycles. The third-order valence-electron chi connectivity index (χ3n) is 7.25. The lowest BCUT2D eigenvalue weighted by Gasteiger charge is -2.37. The largest absolute Gasteiger partial charge is 0.479 e. The molecule has 2 N–H and O–H groups in total. The second-order valence-corrected chi connectivity index (χ2v) is 10.1. The maximum atomic E-state index is 10.9. The van der Waals surface area contributed by atoms with E-state index in [0.29, 0.717) is 13.2 Å². The van der Waals surface area contributed by atoms with Crippen molar-refractivity contribution in [2.45, 2.75) is 52.4 Å². The van der Waals surface area contributed by atoms with Gasteiger partial charge in [0.1, 0.15) is 0 Å². The molecule has 0 spiro atoms. The molecule has 2 aromatic rings. The van der Waals surface area contributed by atoms with E-state index in [9.17, 15) is 4.79 Å². The molecule has 2 heterocycles. The SMILES string of the molecule is CCOCc1ccc2c(c1)Nc1ccc(CN3CCN(CCOC(C)C(=O)O)CC3)cc1C2(C)C. The molecular formula is C28H39N3O4. The standard InChI is InChI=1S/C28H39N3O4/c1-5-34-19-22-6-8-23-26(17-22)29-25-9-7-21(16-24(25)28(23,3)4)18-31-12-10-30(11-13-31)14-15-35-20(2)27(32)33/h6-9,16-17,20,29H,5,10-15,18-19H2,1-4H3,(H,32,33). The minimum absolute atomic E-state index is 0.0815. The van der Waals surface area contributed by atoms with E-state index in [1.54, 1.807) is 6.92 Å². The lowest BCUT2D eigenvalue weighted by molar-refractivity contribution is -0.149. The van der Waals surface area contributed by atoms with Gasteiger partial charge in [-0.3, -0.25) is 9.80 Å². The van der Waals surface area contributed by atoms with Crippen LogP contribution in [0.1, 0.15) is 49.9 Å². The lowest BCUT2D eigenvalue weighted by atomic mass is 9.73. The number of nitrogens with one attached hydrogen (secondary N) is 1. The molecule has 0 aromatic heterocycles. The van der Waals surface area contributed by atoms with Crippen LogP contribution in [0.4, 0.5) is 11.4 Å². The summed E-state index contributed by atoms with van der Waals surface area (Å²) in [6.07, 6.45) is -0.747. The Balaban J connectivity index is 1.35. The molecule has 1 fully saturated rings. The molecule has 2 aliphatic rings. The van der Waals surface area contributed by atoms with E-state index in [4.69, 9.17) is 14.6 Å². The molecule has 0 amide bonds. The quantitative estimate of drug-likeness (QED) is 0.526. The highest BCUT2D eigenvalue weighted by atomic mass is 16.5. The highest BCUT2D eigenvalue weighted by molar-refractivity contribution is 5.76. The number of piperazine rings is 1. The summed E-state index contributed by atoms with van der Waals surface area (Å²) in [5, 5.41) is 12.6. The normalized spacial score (nSPS) is 18.4. The van der Waals surface area contributed by atoms with Crippen LogP contribution in [-0.4, -0.2) is 72.9 Å². The first-order chi connectivity index (χ1) is 16.8. The number of nitrogens with zero attached hydrogens (tertiary/aromatic N) is 2. The van der Waals surface area contributed by atoms with Gasteiger partial charge >= 0.3 is 5.97 Å². The minimum atomic E-state index is -0.909. The molecule has 0 radical (unpaired) electrons. The predicted molar refractivity (Wildman–Crippen MR) is 138 cm³/mol. The van der Waals surface area contributed by atoms with Crippen LogP contribution in [0.2, 0.25) is 0 Å². The van der Waals surface area contributed by atoms with Gasteiger partial charge in [-0.2, -0.15) is 0 Å². The molecular weight excluding hydrogens is 442 g/mol. The number of hydrogen-bond donors (Lipinski definition) is 2. The fourth-order valence-electron chi connectivity index (χ4n) is 5.01. The summed E-state index contributed by atoms with van der Waals surface area (Å²) in [5.74, 6) is -0.909. The van der Waals surface area contributed by atoms with Crippen LogP contribution in [0, 0.1) is 0 Å². The van der Waals surface area contributed by atoms with Crippen molar-refractivity contribution < 1.29 is 19.4 Å². The monoisotopic (exact) mass is 481 g/mol. The minimum Gasteiger partial charge on any atom is -0.479 e. The van der Waals surface area contributed by atoms with E-state index in [1.165, 1.54) is 33.6 Å². The third-order valence-corrected chi connectivity index (χ3v) is 7.25. The van der Waals surface area contributed by atoms with E-state index in [2.05, 4.69) is 65.4 Å². The van der Waals surface area contributed by atoms with Gasteiger partial charge in [0.2, 0.25) is 0 Å². The highest BCUT2D eigenvalue weighted by Crippen LogP contribution is 2.45. The number of fused-ring (bicyclic) bond motifs is 2. The van der Waals surface area contributed by atoms with Crippen LogP contribution in [0.25, 0.3) is 0 Å². The van der Waals surface area contributed by atoms with Crippen molar-refractivity contribution in [1.82, 2.24) is 9.80 Å². The first-order valence-corrected chi connectivity index (χ1v) is 12.7. The number of carboxylic acid groups (broad SMARTS) is 1. The summed E-state index contributed by atoms with van der Waals surface area (Å²) in [5.41, 5.74) is 7.45. The molecule has 1 atom stereocenters. The van der Waals surface area contributed by atoms with Crippen LogP contribution in [-0.2, 0) is 32.8 Å². The average Bonchev–Trinajstić information content (AvgIpc) is 2.84. The fourth-order valence-corrected chi connectivity index (χ4v) is 5.01. The molecule has 190 valence electrons. The van der Waals surface area contributed by atoms with Crippen LogP contribution < -0.4 is 5.32 Å². The van der Waals surface area contributed by atoms with Gasteiger partial charge in [0, 0.05) is 62.7 Å². The smallest absolute Gasteiger partial charge is 0.332 e. The zero-order chi connectivity index (χ0) is 25.0. The molecule has 7 nitrogen and oxygen atoms in total. The number of carboxylic acids is 1. The zero-order valence-corrected chi connectivity index (χ0v) is 21.5. The zero-order valence-electron chi connectivity index (χ0n) is 21.5. The Kier molecular flexibility index (Phi) is 8.12. The first-order valence-electron chi connectivity index (χ1n) is 12.7. The molecule has 2 aliphatic heterocycles. The Hall–Kier alpha value is -2.45. The van der Waals surface area contributed by atoms with Crippen LogP contribution in [0.3, 0.4) is 0 Å². The van der Waals surface area contributed by atoms with Gasteiger partial charge in [0.05, 0.1) is 13.2 Å². The summed E-state index contributed by atoms with van der Waals surface area (Å²) in [6, 6.07) is 13.5. The van der Waals surface area contributed by atoms with Crippen LogP contribution in [0.15, 0.2) is 36.4 Å². The lowest BCUT2D eigenvalue weighted by Crippen LogP contribution is -2.47. The van der Waals surface area contributed by atoms with E-state index in [0.717, 1.165) is 45.9 Å². The molecule has 35 heavy (non-hydrogen) atoms. The van der Waals surface area contributed by atoms with E-state index in [-0.39, 0.29) is 5.41 Å². The summed E-state index contributed by atoms with van der Waals surface area (Å²) >= 11 is 0. The number of aliphatic carboxylic acids is 1. The molecule has 0 aliphatic carbocycles. The second kappa shape index (κ2) is 11.1. The highest BCUT2D eigenvalue weighted by Gasteiger charge is 2.33. The Morgan fingerprint density at radius 2 is 1.74 bits per heavy atom. The Bertz CT molecular complexity index is 1030. The molecule has 7 heteroatoms. The number of hydrogen-bond acceptors (Lipinski definition) is 6. The first kappa shape index (κ1) is 25.6.